The van der Waals surface area contributed by atoms with Crippen LogP contribution in [0.2, 0.25) is 5.02 Å². The Kier molecular flexibility index (Phi) is 4.77. The van der Waals surface area contributed by atoms with Gasteiger partial charge in [0, 0.05) is 12.1 Å². The fraction of sp³-hybridized carbons (Fsp3) is 0.143. The Bertz CT molecular complexity index is 795. The van der Waals surface area contributed by atoms with E-state index in [2.05, 4.69) is 4.72 Å². The second-order valence-corrected chi connectivity index (χ2v) is 6.28. The number of hydrogen-bond acceptors (Lipinski definition) is 4. The zero-order valence-electron chi connectivity index (χ0n) is 11.8. The van der Waals surface area contributed by atoms with Crippen molar-refractivity contribution in [2.45, 2.75) is 4.90 Å². The van der Waals surface area contributed by atoms with E-state index in [1.54, 1.807) is 6.07 Å². The molecule has 0 unspecified atom stereocenters. The highest BCUT2D eigenvalue weighted by Gasteiger charge is 2.20. The highest BCUT2D eigenvalue weighted by atomic mass is 35.5. The number of rotatable bonds is 5. The summed E-state index contributed by atoms with van der Waals surface area (Å²) in [6.07, 6.45) is 0. The van der Waals surface area contributed by atoms with Crippen LogP contribution in [0.5, 0.6) is 11.5 Å². The molecular formula is C14H13ClFNO4S. The number of anilines is 1. The van der Waals surface area contributed by atoms with Crippen LogP contribution in [0.25, 0.3) is 0 Å². The third-order valence-electron chi connectivity index (χ3n) is 2.84. The van der Waals surface area contributed by atoms with Crippen molar-refractivity contribution in [2.24, 2.45) is 0 Å². The first kappa shape index (κ1) is 16.4. The van der Waals surface area contributed by atoms with Gasteiger partial charge in [-0.05, 0) is 12.1 Å². The largest absolute Gasteiger partial charge is 0.493 e. The Morgan fingerprint density at radius 1 is 1.09 bits per heavy atom. The maximum atomic E-state index is 14.0. The van der Waals surface area contributed by atoms with Crippen molar-refractivity contribution in [3.63, 3.8) is 0 Å². The Hall–Kier alpha value is -1.99. The lowest BCUT2D eigenvalue weighted by molar-refractivity contribution is 0.353. The minimum absolute atomic E-state index is 0.0379. The third kappa shape index (κ3) is 3.26. The normalized spacial score (nSPS) is 11.1. The first-order valence-corrected chi connectivity index (χ1v) is 7.94. The topological polar surface area (TPSA) is 64.6 Å². The summed E-state index contributed by atoms with van der Waals surface area (Å²) < 4.78 is 50.7. The van der Waals surface area contributed by atoms with E-state index < -0.39 is 15.8 Å². The lowest BCUT2D eigenvalue weighted by Crippen LogP contribution is -2.14. The van der Waals surface area contributed by atoms with Gasteiger partial charge in [0.25, 0.3) is 10.0 Å². The molecule has 0 spiro atoms. The fourth-order valence-electron chi connectivity index (χ4n) is 1.79. The highest BCUT2D eigenvalue weighted by Crippen LogP contribution is 2.33. The van der Waals surface area contributed by atoms with Crippen molar-refractivity contribution < 1.29 is 22.3 Å². The summed E-state index contributed by atoms with van der Waals surface area (Å²) in [5.74, 6) is -0.449. The molecule has 0 amide bonds. The molecule has 0 fully saturated rings. The summed E-state index contributed by atoms with van der Waals surface area (Å²) in [5.41, 5.74) is -0.266. The van der Waals surface area contributed by atoms with Gasteiger partial charge >= 0.3 is 0 Å². The molecule has 0 aliphatic heterocycles. The van der Waals surface area contributed by atoms with Crippen molar-refractivity contribution in [3.8, 4) is 11.5 Å². The van der Waals surface area contributed by atoms with Crippen molar-refractivity contribution >= 4 is 27.3 Å². The minimum atomic E-state index is -4.03. The number of benzene rings is 2. The van der Waals surface area contributed by atoms with Gasteiger partial charge in [-0.2, -0.15) is 0 Å². The molecule has 2 aromatic carbocycles. The van der Waals surface area contributed by atoms with E-state index in [1.165, 1.54) is 38.5 Å². The van der Waals surface area contributed by atoms with E-state index in [1.807, 2.05) is 0 Å². The Labute approximate surface area is 132 Å². The highest BCUT2D eigenvalue weighted by molar-refractivity contribution is 7.92. The van der Waals surface area contributed by atoms with Gasteiger partial charge in [0.2, 0.25) is 0 Å². The summed E-state index contributed by atoms with van der Waals surface area (Å²) in [6.45, 7) is 0. The maximum absolute atomic E-state index is 14.0. The van der Waals surface area contributed by atoms with Gasteiger partial charge < -0.3 is 9.47 Å². The van der Waals surface area contributed by atoms with Gasteiger partial charge in [-0.25, -0.2) is 12.8 Å². The molecule has 5 nitrogen and oxygen atoms in total. The molecule has 118 valence electrons. The lowest BCUT2D eigenvalue weighted by atomic mass is 10.2. The minimum Gasteiger partial charge on any atom is -0.493 e. The number of hydrogen-bond donors (Lipinski definition) is 1. The van der Waals surface area contributed by atoms with Crippen LogP contribution in [0.15, 0.2) is 41.3 Å². The molecule has 0 radical (unpaired) electrons. The van der Waals surface area contributed by atoms with E-state index in [4.69, 9.17) is 21.1 Å². The van der Waals surface area contributed by atoms with Crippen LogP contribution in [0.1, 0.15) is 0 Å². The molecule has 0 bridgehead atoms. The first-order valence-electron chi connectivity index (χ1n) is 6.08. The van der Waals surface area contributed by atoms with Gasteiger partial charge in [0.05, 0.1) is 24.9 Å². The van der Waals surface area contributed by atoms with E-state index in [-0.39, 0.29) is 27.1 Å². The summed E-state index contributed by atoms with van der Waals surface area (Å²) in [7, 11) is -1.31. The molecule has 2 rings (SSSR count). The number of methoxy groups -OCH3 is 2. The van der Waals surface area contributed by atoms with Crippen LogP contribution in [0.4, 0.5) is 10.1 Å². The lowest BCUT2D eigenvalue weighted by Gasteiger charge is -2.13. The smallest absolute Gasteiger partial charge is 0.263 e. The summed E-state index contributed by atoms with van der Waals surface area (Å²) in [6, 6.07) is 8.10. The molecule has 0 aliphatic rings. The summed E-state index contributed by atoms with van der Waals surface area (Å²) in [5, 5.41) is 0.0379. The van der Waals surface area contributed by atoms with Gasteiger partial charge in [-0.3, -0.25) is 4.72 Å². The van der Waals surface area contributed by atoms with Crippen LogP contribution in [0.3, 0.4) is 0 Å². The molecule has 8 heteroatoms. The average molecular weight is 346 g/mol. The van der Waals surface area contributed by atoms with Crippen LogP contribution in [-0.4, -0.2) is 22.6 Å². The summed E-state index contributed by atoms with van der Waals surface area (Å²) in [4.78, 5) is -0.147. The number of halogens is 2. The van der Waals surface area contributed by atoms with E-state index in [0.29, 0.717) is 0 Å². The Morgan fingerprint density at radius 2 is 1.68 bits per heavy atom. The van der Waals surface area contributed by atoms with Gasteiger partial charge in [-0.1, -0.05) is 23.7 Å². The summed E-state index contributed by atoms with van der Waals surface area (Å²) >= 11 is 5.86. The SMILES string of the molecule is COc1cc(F)c(NS(=O)(=O)c2ccccc2Cl)cc1OC. The van der Waals surface area contributed by atoms with Gasteiger partial charge in [0.1, 0.15) is 4.90 Å². The van der Waals surface area contributed by atoms with Crippen LogP contribution in [-0.2, 0) is 10.0 Å². The molecule has 0 saturated heterocycles. The van der Waals surface area contributed by atoms with Crippen LogP contribution in [0, 0.1) is 5.82 Å². The van der Waals surface area contributed by atoms with E-state index >= 15 is 0 Å². The fourth-order valence-corrected chi connectivity index (χ4v) is 3.37. The van der Waals surface area contributed by atoms with Crippen molar-refractivity contribution in [1.82, 2.24) is 0 Å². The zero-order valence-corrected chi connectivity index (χ0v) is 13.3. The molecule has 1 N–H and O–H groups in total. The molecule has 0 aromatic heterocycles. The Balaban J connectivity index is 2.44. The maximum Gasteiger partial charge on any atom is 0.263 e. The molecule has 0 heterocycles. The van der Waals surface area contributed by atoms with Gasteiger partial charge in [-0.15, -0.1) is 0 Å². The molecule has 0 saturated carbocycles. The molecule has 0 aliphatic carbocycles. The van der Waals surface area contributed by atoms with E-state index in [9.17, 15) is 12.8 Å². The van der Waals surface area contributed by atoms with Crippen molar-refractivity contribution in [2.75, 3.05) is 18.9 Å². The number of nitrogens with one attached hydrogen (secondary N) is 1. The van der Waals surface area contributed by atoms with Crippen LogP contribution < -0.4 is 14.2 Å². The standard InChI is InChI=1S/C14H13ClFNO4S/c1-20-12-7-10(16)11(8-13(12)21-2)17-22(18,19)14-6-4-3-5-9(14)15/h3-8,17H,1-2H3. The molecular weight excluding hydrogens is 333 g/mol. The van der Waals surface area contributed by atoms with E-state index in [0.717, 1.165) is 6.07 Å². The van der Waals surface area contributed by atoms with Crippen molar-refractivity contribution in [3.05, 3.63) is 47.2 Å². The first-order chi connectivity index (χ1) is 10.4. The second kappa shape index (κ2) is 6.41. The van der Waals surface area contributed by atoms with Crippen LogP contribution >= 0.6 is 11.6 Å². The quantitative estimate of drug-likeness (QED) is 0.903. The van der Waals surface area contributed by atoms with Crippen molar-refractivity contribution in [1.29, 1.82) is 0 Å². The predicted octanol–water partition coefficient (Wildman–Crippen LogP) is 3.30. The number of ether oxygens (including phenoxy) is 2. The molecule has 0 atom stereocenters. The third-order valence-corrected chi connectivity index (χ3v) is 4.71. The average Bonchev–Trinajstić information content (AvgIpc) is 2.48. The molecule has 22 heavy (non-hydrogen) atoms. The van der Waals surface area contributed by atoms with Gasteiger partial charge in [0.15, 0.2) is 17.3 Å². The number of sulfonamides is 1. The monoisotopic (exact) mass is 345 g/mol. The second-order valence-electron chi connectivity index (χ2n) is 4.22. The zero-order chi connectivity index (χ0) is 16.3. The Morgan fingerprint density at radius 3 is 2.27 bits per heavy atom. The predicted molar refractivity (Wildman–Crippen MR) is 81.8 cm³/mol. The molecule has 2 aromatic rings.